The summed E-state index contributed by atoms with van der Waals surface area (Å²) in [7, 11) is -5.22. The number of benzene rings is 3. The summed E-state index contributed by atoms with van der Waals surface area (Å²) in [6.45, 7) is 3.77. The SMILES string of the molecule is CCC(=Cc1sc2cc(OC)c(OC)cc2c1CCCS(=O)(=O)O)/C=C1\Oc2ccc(-c3ccccc3)cc2N1CCC(C)S(=O)(=O)O. The van der Waals surface area contributed by atoms with Crippen molar-refractivity contribution in [2.24, 2.45) is 0 Å². The van der Waals surface area contributed by atoms with Crippen molar-refractivity contribution in [2.45, 2.75) is 44.8 Å². The van der Waals surface area contributed by atoms with Crippen molar-refractivity contribution in [2.75, 3.05) is 31.4 Å². The van der Waals surface area contributed by atoms with Crippen LogP contribution in [0.4, 0.5) is 5.69 Å². The van der Waals surface area contributed by atoms with Crippen LogP contribution in [0, 0.1) is 0 Å². The molecule has 48 heavy (non-hydrogen) atoms. The van der Waals surface area contributed by atoms with Crippen LogP contribution in [0.5, 0.6) is 17.2 Å². The third-order valence-corrected chi connectivity index (χ3v) is 11.5. The summed E-state index contributed by atoms with van der Waals surface area (Å²) in [4.78, 5) is 2.85. The molecule has 13 heteroatoms. The largest absolute Gasteiger partial charge is 0.493 e. The molecule has 0 saturated heterocycles. The van der Waals surface area contributed by atoms with Gasteiger partial charge in [0, 0.05) is 33.7 Å². The molecule has 1 aromatic heterocycles. The van der Waals surface area contributed by atoms with Crippen LogP contribution in [0.3, 0.4) is 0 Å². The molecule has 1 aliphatic rings. The fourth-order valence-electron chi connectivity index (χ4n) is 5.58. The Morgan fingerprint density at radius 2 is 1.69 bits per heavy atom. The van der Waals surface area contributed by atoms with Crippen LogP contribution in [-0.2, 0) is 26.7 Å². The number of fused-ring (bicyclic) bond motifs is 2. The first kappa shape index (κ1) is 35.4. The van der Waals surface area contributed by atoms with Gasteiger partial charge in [-0.3, -0.25) is 9.11 Å². The van der Waals surface area contributed by atoms with Gasteiger partial charge in [0.2, 0.25) is 5.88 Å². The lowest BCUT2D eigenvalue weighted by Crippen LogP contribution is -2.27. The van der Waals surface area contributed by atoms with E-state index in [9.17, 15) is 25.9 Å². The van der Waals surface area contributed by atoms with Crippen LogP contribution in [0.15, 0.2) is 78.2 Å². The van der Waals surface area contributed by atoms with Gasteiger partial charge < -0.3 is 19.1 Å². The minimum Gasteiger partial charge on any atom is -0.493 e. The molecule has 2 heterocycles. The Kier molecular flexibility index (Phi) is 10.9. The van der Waals surface area contributed by atoms with Crippen LogP contribution >= 0.6 is 11.3 Å². The summed E-state index contributed by atoms with van der Waals surface area (Å²) in [5, 5.41) is -0.0692. The lowest BCUT2D eigenvalue weighted by Gasteiger charge is -2.20. The van der Waals surface area contributed by atoms with Crippen LogP contribution in [0.1, 0.15) is 43.6 Å². The minimum atomic E-state index is -4.22. The zero-order valence-corrected chi connectivity index (χ0v) is 29.6. The lowest BCUT2D eigenvalue weighted by molar-refractivity contribution is 0.356. The zero-order valence-electron chi connectivity index (χ0n) is 27.2. The number of allylic oxidation sites excluding steroid dienone is 2. The molecule has 5 rings (SSSR count). The highest BCUT2D eigenvalue weighted by Crippen LogP contribution is 2.44. The van der Waals surface area contributed by atoms with E-state index in [1.807, 2.05) is 84.6 Å². The number of aryl methyl sites for hydroxylation is 1. The van der Waals surface area contributed by atoms with Gasteiger partial charge >= 0.3 is 0 Å². The van der Waals surface area contributed by atoms with Crippen molar-refractivity contribution >= 4 is 53.4 Å². The maximum Gasteiger partial charge on any atom is 0.267 e. The average Bonchev–Trinajstić information content (AvgIpc) is 3.57. The summed E-state index contributed by atoms with van der Waals surface area (Å²) in [5.41, 5.74) is 4.62. The van der Waals surface area contributed by atoms with Crippen LogP contribution < -0.4 is 19.1 Å². The van der Waals surface area contributed by atoms with E-state index in [-0.39, 0.29) is 25.1 Å². The van der Waals surface area contributed by atoms with E-state index in [1.54, 1.807) is 14.2 Å². The highest BCUT2D eigenvalue weighted by molar-refractivity contribution is 7.86. The normalized spacial score (nSPS) is 15.1. The number of methoxy groups -OCH3 is 2. The molecule has 0 spiro atoms. The Morgan fingerprint density at radius 1 is 0.979 bits per heavy atom. The predicted molar refractivity (Wildman–Crippen MR) is 191 cm³/mol. The first-order valence-electron chi connectivity index (χ1n) is 15.5. The van der Waals surface area contributed by atoms with E-state index in [0.29, 0.717) is 36.0 Å². The molecule has 1 unspecified atom stereocenters. The molecule has 0 radical (unpaired) electrons. The van der Waals surface area contributed by atoms with Gasteiger partial charge in [-0.05, 0) is 79.1 Å². The van der Waals surface area contributed by atoms with E-state index in [0.717, 1.165) is 42.9 Å². The Bertz CT molecular complexity index is 2070. The molecule has 1 aliphatic heterocycles. The molecular formula is C35H39NO9S3. The van der Waals surface area contributed by atoms with Crippen molar-refractivity contribution in [1.29, 1.82) is 0 Å². The van der Waals surface area contributed by atoms with Crippen molar-refractivity contribution < 1.29 is 40.2 Å². The maximum absolute atomic E-state index is 11.9. The Balaban J connectivity index is 1.57. The van der Waals surface area contributed by atoms with Crippen molar-refractivity contribution in [3.8, 4) is 28.4 Å². The number of rotatable bonds is 14. The third kappa shape index (κ3) is 8.21. The predicted octanol–water partition coefficient (Wildman–Crippen LogP) is 7.61. The van der Waals surface area contributed by atoms with Gasteiger partial charge in [0.15, 0.2) is 17.2 Å². The van der Waals surface area contributed by atoms with Gasteiger partial charge in [0.25, 0.3) is 20.2 Å². The van der Waals surface area contributed by atoms with E-state index in [1.165, 1.54) is 18.3 Å². The zero-order chi connectivity index (χ0) is 34.6. The number of hydrogen-bond donors (Lipinski definition) is 2. The average molecular weight is 714 g/mol. The highest BCUT2D eigenvalue weighted by atomic mass is 32.2. The van der Waals surface area contributed by atoms with Crippen molar-refractivity contribution in [1.82, 2.24) is 0 Å². The van der Waals surface area contributed by atoms with E-state index in [4.69, 9.17) is 14.2 Å². The first-order chi connectivity index (χ1) is 22.8. The van der Waals surface area contributed by atoms with Crippen LogP contribution in [0.25, 0.3) is 27.3 Å². The molecular weight excluding hydrogens is 675 g/mol. The summed E-state index contributed by atoms with van der Waals surface area (Å²) in [6, 6.07) is 19.6. The number of hydrogen-bond acceptors (Lipinski definition) is 9. The second kappa shape index (κ2) is 14.7. The standard InChI is InChI=1S/C35H39NO9S3/c1-5-24(18-33-27(12-9-17-47(37,38)39)28-21-31(43-3)32(44-4)22-34(28)46-33)19-35-36(16-15-23(2)48(40,41)42)29-20-26(13-14-30(29)45-35)25-10-7-6-8-11-25/h6-8,10-11,13-14,18-23H,5,9,12,15-17H2,1-4H3,(H,37,38,39)(H,40,41,42)/b24-18?,35-19-. The highest BCUT2D eigenvalue weighted by Gasteiger charge is 2.29. The molecule has 1 atom stereocenters. The number of nitrogens with zero attached hydrogens (tertiary/aromatic N) is 1. The molecule has 0 fully saturated rings. The van der Waals surface area contributed by atoms with Crippen LogP contribution in [-0.4, -0.2) is 57.7 Å². The fourth-order valence-corrected chi connectivity index (χ4v) is 7.73. The van der Waals surface area contributed by atoms with Gasteiger partial charge in [-0.25, -0.2) is 0 Å². The summed E-state index contributed by atoms with van der Waals surface area (Å²) < 4.78 is 84.2. The summed E-state index contributed by atoms with van der Waals surface area (Å²) in [5.74, 6) is 1.91. The number of thiophene rings is 1. The quantitative estimate of drug-likeness (QED) is 0.126. The Labute approximate surface area is 285 Å². The van der Waals surface area contributed by atoms with Gasteiger partial charge in [0.05, 0.1) is 30.9 Å². The summed E-state index contributed by atoms with van der Waals surface area (Å²) in [6.07, 6.45) is 5.38. The molecule has 10 nitrogen and oxygen atoms in total. The topological polar surface area (TPSA) is 140 Å². The smallest absolute Gasteiger partial charge is 0.267 e. The van der Waals surface area contributed by atoms with Gasteiger partial charge in [-0.15, -0.1) is 11.3 Å². The second-order valence-electron chi connectivity index (χ2n) is 11.5. The molecule has 0 aliphatic carbocycles. The molecule has 0 amide bonds. The molecule has 0 bridgehead atoms. The Morgan fingerprint density at radius 3 is 2.33 bits per heavy atom. The van der Waals surface area contributed by atoms with Gasteiger partial charge in [0.1, 0.15) is 0 Å². The van der Waals surface area contributed by atoms with Gasteiger partial charge in [-0.1, -0.05) is 43.3 Å². The van der Waals surface area contributed by atoms with Crippen molar-refractivity contribution in [3.05, 3.63) is 88.6 Å². The molecule has 4 aromatic rings. The molecule has 3 aromatic carbocycles. The van der Waals surface area contributed by atoms with Crippen molar-refractivity contribution in [3.63, 3.8) is 0 Å². The Hall–Kier alpha value is -3.88. The number of anilines is 1. The van der Waals surface area contributed by atoms with E-state index >= 15 is 0 Å². The third-order valence-electron chi connectivity index (χ3n) is 8.30. The fraction of sp³-hybridized carbons (Fsp3) is 0.314. The number of ether oxygens (including phenoxy) is 3. The minimum absolute atomic E-state index is 0.164. The molecule has 2 N–H and O–H groups in total. The van der Waals surface area contributed by atoms with E-state index in [2.05, 4.69) is 0 Å². The molecule has 256 valence electrons. The lowest BCUT2D eigenvalue weighted by atomic mass is 10.0. The van der Waals surface area contributed by atoms with E-state index < -0.39 is 25.5 Å². The van der Waals surface area contributed by atoms with Gasteiger partial charge in [-0.2, -0.15) is 16.8 Å². The van der Waals surface area contributed by atoms with Crippen LogP contribution in [0.2, 0.25) is 0 Å². The molecule has 0 saturated carbocycles. The summed E-state index contributed by atoms with van der Waals surface area (Å²) >= 11 is 1.53. The monoisotopic (exact) mass is 713 g/mol. The maximum atomic E-state index is 11.9. The first-order valence-corrected chi connectivity index (χ1v) is 19.4. The second-order valence-corrected chi connectivity index (χ2v) is 16.0.